The fourth-order valence-corrected chi connectivity index (χ4v) is 3.22. The number of halogens is 3. The summed E-state index contributed by atoms with van der Waals surface area (Å²) < 4.78 is 39.3. The summed E-state index contributed by atoms with van der Waals surface area (Å²) in [6.07, 6.45) is 0. The van der Waals surface area contributed by atoms with Crippen LogP contribution >= 0.6 is 11.3 Å². The number of carbonyl (C=O) groups is 1. The third kappa shape index (κ3) is 5.15. The number of thiazole rings is 1. The Labute approximate surface area is 158 Å². The Morgan fingerprint density at radius 1 is 1.11 bits per heavy atom. The zero-order chi connectivity index (χ0) is 19.4. The molecule has 140 valence electrons. The van der Waals surface area contributed by atoms with Gasteiger partial charge in [-0.1, -0.05) is 12.1 Å². The van der Waals surface area contributed by atoms with Crippen LogP contribution in [0, 0.1) is 17.5 Å². The van der Waals surface area contributed by atoms with Crippen LogP contribution in [0.4, 0.5) is 18.3 Å². The molecule has 3 rings (SSSR count). The predicted molar refractivity (Wildman–Crippen MR) is 98.8 cm³/mol. The number of hydrogen-bond acceptors (Lipinski definition) is 4. The normalized spacial score (nSPS) is 11.0. The van der Waals surface area contributed by atoms with Gasteiger partial charge in [-0.25, -0.2) is 18.2 Å². The van der Waals surface area contributed by atoms with Gasteiger partial charge in [0.15, 0.2) is 16.8 Å². The molecule has 0 fully saturated rings. The lowest BCUT2D eigenvalue weighted by Gasteiger charge is -2.15. The minimum atomic E-state index is -0.950. The van der Waals surface area contributed by atoms with Crippen LogP contribution in [0.25, 0.3) is 11.3 Å². The lowest BCUT2D eigenvalue weighted by atomic mass is 10.2. The van der Waals surface area contributed by atoms with Crippen molar-refractivity contribution in [1.29, 1.82) is 0 Å². The quantitative estimate of drug-likeness (QED) is 0.682. The van der Waals surface area contributed by atoms with Crippen molar-refractivity contribution >= 4 is 22.4 Å². The Kier molecular flexibility index (Phi) is 5.88. The fraction of sp³-hybridized carbons (Fsp3) is 0.158. The monoisotopic (exact) mass is 391 g/mol. The molecule has 0 unspecified atom stereocenters. The van der Waals surface area contributed by atoms with E-state index in [1.54, 1.807) is 29.5 Å². The molecule has 0 aliphatic rings. The van der Waals surface area contributed by atoms with Crippen LogP contribution in [0.15, 0.2) is 47.8 Å². The molecule has 0 aliphatic carbocycles. The first-order valence-corrected chi connectivity index (χ1v) is 8.92. The summed E-state index contributed by atoms with van der Waals surface area (Å²) in [7, 11) is 1.78. The molecule has 0 aliphatic heterocycles. The van der Waals surface area contributed by atoms with E-state index in [2.05, 4.69) is 10.3 Å². The molecule has 1 aromatic heterocycles. The zero-order valence-corrected chi connectivity index (χ0v) is 15.2. The summed E-state index contributed by atoms with van der Waals surface area (Å²) >= 11 is 1.20. The highest BCUT2D eigenvalue weighted by Gasteiger charge is 2.12. The summed E-state index contributed by atoms with van der Waals surface area (Å²) in [5.74, 6) is -2.44. The zero-order valence-electron chi connectivity index (χ0n) is 14.4. The first kappa shape index (κ1) is 19.1. The molecular formula is C19H16F3N3OS. The highest BCUT2D eigenvalue weighted by molar-refractivity contribution is 7.14. The Morgan fingerprint density at radius 3 is 2.56 bits per heavy atom. The van der Waals surface area contributed by atoms with Gasteiger partial charge in [-0.3, -0.25) is 9.69 Å². The van der Waals surface area contributed by atoms with Crippen LogP contribution in [0.5, 0.6) is 0 Å². The number of likely N-dealkylation sites (N-methyl/N-ethyl adjacent to an activating group) is 1. The van der Waals surface area contributed by atoms with E-state index in [1.165, 1.54) is 29.5 Å². The number of anilines is 1. The van der Waals surface area contributed by atoms with Gasteiger partial charge >= 0.3 is 0 Å². The molecule has 3 aromatic rings. The Bertz CT molecular complexity index is 944. The molecule has 2 aromatic carbocycles. The number of nitrogens with zero attached hydrogens (tertiary/aromatic N) is 2. The molecule has 27 heavy (non-hydrogen) atoms. The second kappa shape index (κ2) is 8.32. The van der Waals surface area contributed by atoms with Gasteiger partial charge in [0.1, 0.15) is 5.82 Å². The van der Waals surface area contributed by atoms with Gasteiger partial charge in [-0.2, -0.15) is 0 Å². The Balaban J connectivity index is 1.57. The number of rotatable bonds is 6. The van der Waals surface area contributed by atoms with Crippen molar-refractivity contribution in [3.8, 4) is 11.3 Å². The van der Waals surface area contributed by atoms with Crippen molar-refractivity contribution in [2.24, 2.45) is 0 Å². The Hall–Kier alpha value is -2.71. The van der Waals surface area contributed by atoms with Gasteiger partial charge in [0.2, 0.25) is 5.91 Å². The third-order valence-corrected chi connectivity index (χ3v) is 4.50. The average molecular weight is 391 g/mol. The molecule has 1 N–H and O–H groups in total. The van der Waals surface area contributed by atoms with Gasteiger partial charge in [-0.05, 0) is 42.9 Å². The summed E-state index contributed by atoms with van der Waals surface area (Å²) in [5.41, 5.74) is 1.77. The van der Waals surface area contributed by atoms with Gasteiger partial charge in [0.05, 0.1) is 12.2 Å². The first-order chi connectivity index (χ1) is 12.9. The second-order valence-corrected chi connectivity index (χ2v) is 6.87. The topological polar surface area (TPSA) is 45.2 Å². The van der Waals surface area contributed by atoms with E-state index >= 15 is 0 Å². The maximum atomic E-state index is 13.3. The summed E-state index contributed by atoms with van der Waals surface area (Å²) in [6.45, 7) is 0.614. The number of benzene rings is 2. The SMILES string of the molecule is CN(CC(=O)Nc1nc(-c2ccc(F)c(F)c2)cs1)Cc1ccc(F)cc1. The highest BCUT2D eigenvalue weighted by atomic mass is 32.1. The van der Waals surface area contributed by atoms with Gasteiger partial charge in [0, 0.05) is 17.5 Å². The van der Waals surface area contributed by atoms with Crippen LogP contribution in [-0.4, -0.2) is 29.4 Å². The van der Waals surface area contributed by atoms with Gasteiger partial charge in [0.25, 0.3) is 0 Å². The highest BCUT2D eigenvalue weighted by Crippen LogP contribution is 2.26. The predicted octanol–water partition coefficient (Wildman–Crippen LogP) is 4.30. The first-order valence-electron chi connectivity index (χ1n) is 8.04. The molecular weight excluding hydrogens is 375 g/mol. The molecule has 8 heteroatoms. The van der Waals surface area contributed by atoms with E-state index in [0.29, 0.717) is 22.9 Å². The summed E-state index contributed by atoms with van der Waals surface area (Å²) in [4.78, 5) is 18.2. The van der Waals surface area contributed by atoms with Crippen molar-refractivity contribution in [3.05, 3.63) is 70.9 Å². The van der Waals surface area contributed by atoms with Gasteiger partial charge < -0.3 is 5.32 Å². The molecule has 0 bridgehead atoms. The van der Waals surface area contributed by atoms with Crippen LogP contribution < -0.4 is 5.32 Å². The molecule has 4 nitrogen and oxygen atoms in total. The second-order valence-electron chi connectivity index (χ2n) is 6.01. The van der Waals surface area contributed by atoms with Crippen molar-refractivity contribution in [1.82, 2.24) is 9.88 Å². The van der Waals surface area contributed by atoms with E-state index < -0.39 is 11.6 Å². The van der Waals surface area contributed by atoms with E-state index in [1.807, 2.05) is 0 Å². The van der Waals surface area contributed by atoms with Crippen LogP contribution in [0.1, 0.15) is 5.56 Å². The number of amides is 1. The third-order valence-electron chi connectivity index (χ3n) is 3.75. The average Bonchev–Trinajstić information content (AvgIpc) is 3.07. The molecule has 0 saturated carbocycles. The van der Waals surface area contributed by atoms with E-state index in [4.69, 9.17) is 0 Å². The largest absolute Gasteiger partial charge is 0.301 e. The minimum Gasteiger partial charge on any atom is -0.301 e. The van der Waals surface area contributed by atoms with Crippen molar-refractivity contribution in [3.63, 3.8) is 0 Å². The smallest absolute Gasteiger partial charge is 0.240 e. The van der Waals surface area contributed by atoms with E-state index in [0.717, 1.165) is 17.7 Å². The summed E-state index contributed by atoms with van der Waals surface area (Å²) in [6, 6.07) is 9.60. The fourth-order valence-electron chi connectivity index (χ4n) is 2.48. The molecule has 0 atom stereocenters. The number of hydrogen-bond donors (Lipinski definition) is 1. The van der Waals surface area contributed by atoms with Crippen molar-refractivity contribution in [2.45, 2.75) is 6.54 Å². The minimum absolute atomic E-state index is 0.122. The standard InChI is InChI=1S/C19H16F3N3OS/c1-25(9-12-2-5-14(20)6-3-12)10-18(26)24-19-23-17(11-27-19)13-4-7-15(21)16(22)8-13/h2-8,11H,9-10H2,1H3,(H,23,24,26). The van der Waals surface area contributed by atoms with Crippen molar-refractivity contribution < 1.29 is 18.0 Å². The number of aromatic nitrogens is 1. The van der Waals surface area contributed by atoms with Crippen molar-refractivity contribution in [2.75, 3.05) is 18.9 Å². The Morgan fingerprint density at radius 2 is 1.85 bits per heavy atom. The molecule has 0 saturated heterocycles. The maximum Gasteiger partial charge on any atom is 0.240 e. The lowest BCUT2D eigenvalue weighted by molar-refractivity contribution is -0.117. The molecule has 0 radical (unpaired) electrons. The van der Waals surface area contributed by atoms with Crippen LogP contribution in [0.2, 0.25) is 0 Å². The molecule has 1 amide bonds. The van der Waals surface area contributed by atoms with E-state index in [9.17, 15) is 18.0 Å². The summed E-state index contributed by atoms with van der Waals surface area (Å²) in [5, 5.41) is 4.71. The molecule has 1 heterocycles. The van der Waals surface area contributed by atoms with Gasteiger partial charge in [-0.15, -0.1) is 11.3 Å². The number of carbonyl (C=O) groups excluding carboxylic acids is 1. The lowest BCUT2D eigenvalue weighted by Crippen LogP contribution is -2.29. The number of nitrogens with one attached hydrogen (secondary N) is 1. The van der Waals surface area contributed by atoms with E-state index in [-0.39, 0.29) is 18.3 Å². The maximum absolute atomic E-state index is 13.3. The van der Waals surface area contributed by atoms with Crippen LogP contribution in [-0.2, 0) is 11.3 Å². The molecule has 0 spiro atoms. The van der Waals surface area contributed by atoms with Crippen LogP contribution in [0.3, 0.4) is 0 Å².